The Morgan fingerprint density at radius 1 is 1.18 bits per heavy atom. The number of rotatable bonds is 3. The van der Waals surface area contributed by atoms with Gasteiger partial charge in [0.2, 0.25) is 5.91 Å². The van der Waals surface area contributed by atoms with Crippen LogP contribution in [0.1, 0.15) is 29.7 Å². The maximum absolute atomic E-state index is 13.1. The number of benzene rings is 1. The summed E-state index contributed by atoms with van der Waals surface area (Å²) in [4.78, 5) is 37.6. The van der Waals surface area contributed by atoms with Gasteiger partial charge in [0.15, 0.2) is 0 Å². The molecule has 4 heterocycles. The second-order valence-corrected chi connectivity index (χ2v) is 10.7. The lowest BCUT2D eigenvalue weighted by molar-refractivity contribution is -0.138. The van der Waals surface area contributed by atoms with Gasteiger partial charge in [0.05, 0.1) is 20.8 Å². The van der Waals surface area contributed by atoms with E-state index in [9.17, 15) is 9.59 Å². The zero-order valence-electron chi connectivity index (χ0n) is 17.5. The van der Waals surface area contributed by atoms with E-state index in [-0.39, 0.29) is 17.6 Å². The number of anilines is 2. The first-order valence-corrected chi connectivity index (χ1v) is 12.8. The van der Waals surface area contributed by atoms with E-state index in [1.165, 1.54) is 22.0 Å². The summed E-state index contributed by atoms with van der Waals surface area (Å²) < 4.78 is 4.93. The molecule has 1 N–H and O–H groups in total. The van der Waals surface area contributed by atoms with Gasteiger partial charge in [-0.2, -0.15) is 0 Å². The second-order valence-electron chi connectivity index (χ2n) is 8.41. The summed E-state index contributed by atoms with van der Waals surface area (Å²) in [6, 6.07) is 3.74. The number of likely N-dealkylation sites (tertiary alicyclic amines) is 1. The molecule has 8 nitrogen and oxygen atoms in total. The van der Waals surface area contributed by atoms with Crippen LogP contribution >= 0.6 is 34.5 Å². The molecule has 6 rings (SSSR count). The van der Waals surface area contributed by atoms with E-state index in [1.807, 2.05) is 11.0 Å². The minimum atomic E-state index is -0.0428. The van der Waals surface area contributed by atoms with Crippen molar-refractivity contribution < 1.29 is 9.59 Å². The number of fused-ring (bicyclic) bond motifs is 4. The van der Waals surface area contributed by atoms with E-state index in [2.05, 4.69) is 24.9 Å². The monoisotopic (exact) mass is 498 g/mol. The standard InChI is InChI=1S/C22H19ClN6O2S2/c23-14-8-16-18(33-28-27-16)9-15(14)26-20-19-13-2-1-11(7-17(13)32-21(19)25-10-24-20)22(31)29-5-3-12(30)4-6-29/h8-11H,1-7H2,(H,24,25,26). The Kier molecular flexibility index (Phi) is 5.23. The number of thiophene rings is 1. The van der Waals surface area contributed by atoms with Gasteiger partial charge in [0.25, 0.3) is 0 Å². The van der Waals surface area contributed by atoms with Crippen molar-refractivity contribution in [2.24, 2.45) is 5.92 Å². The molecule has 3 aromatic heterocycles. The third-order valence-electron chi connectivity index (χ3n) is 6.42. The number of hydrogen-bond donors (Lipinski definition) is 1. The van der Waals surface area contributed by atoms with Crippen LogP contribution < -0.4 is 5.32 Å². The zero-order chi connectivity index (χ0) is 22.5. The third-order valence-corrected chi connectivity index (χ3v) is 8.58. The fourth-order valence-corrected chi connectivity index (χ4v) is 6.73. The molecular formula is C22H19ClN6O2S2. The van der Waals surface area contributed by atoms with Crippen LogP contribution in [-0.4, -0.2) is 49.2 Å². The quantitative estimate of drug-likeness (QED) is 0.447. The number of aryl methyl sites for hydroxylation is 1. The number of Topliss-reactive ketones (excluding diaryl/α,β-unsaturated/α-hetero) is 1. The van der Waals surface area contributed by atoms with Crippen LogP contribution in [0.2, 0.25) is 5.02 Å². The van der Waals surface area contributed by atoms with Gasteiger partial charge in [0, 0.05) is 36.7 Å². The fourth-order valence-electron chi connectivity index (χ4n) is 4.68. The molecule has 4 aromatic rings. The predicted octanol–water partition coefficient (Wildman–Crippen LogP) is 4.39. The smallest absolute Gasteiger partial charge is 0.226 e. The van der Waals surface area contributed by atoms with Crippen LogP contribution in [0.3, 0.4) is 0 Å². The highest BCUT2D eigenvalue weighted by Gasteiger charge is 2.32. The molecule has 33 heavy (non-hydrogen) atoms. The normalized spacial score (nSPS) is 18.6. The number of ketones is 1. The van der Waals surface area contributed by atoms with Gasteiger partial charge in [-0.05, 0) is 48.5 Å². The van der Waals surface area contributed by atoms with E-state index in [4.69, 9.17) is 11.6 Å². The van der Waals surface area contributed by atoms with Gasteiger partial charge in [-0.15, -0.1) is 16.4 Å². The number of amides is 1. The van der Waals surface area contributed by atoms with Crippen LogP contribution in [0.15, 0.2) is 18.5 Å². The maximum atomic E-state index is 13.1. The molecule has 168 valence electrons. The summed E-state index contributed by atoms with van der Waals surface area (Å²) in [6.07, 6.45) is 4.80. The van der Waals surface area contributed by atoms with Crippen molar-refractivity contribution in [3.63, 3.8) is 0 Å². The molecule has 1 aliphatic heterocycles. The van der Waals surface area contributed by atoms with E-state index in [1.54, 1.807) is 23.7 Å². The molecule has 0 radical (unpaired) electrons. The molecule has 1 amide bonds. The summed E-state index contributed by atoms with van der Waals surface area (Å²) in [5.41, 5.74) is 2.73. The third kappa shape index (κ3) is 3.75. The minimum Gasteiger partial charge on any atom is -0.342 e. The summed E-state index contributed by atoms with van der Waals surface area (Å²) in [5.74, 6) is 1.10. The Bertz CT molecular complexity index is 1410. The Balaban J connectivity index is 1.29. The molecule has 1 unspecified atom stereocenters. The van der Waals surface area contributed by atoms with Gasteiger partial charge in [-0.25, -0.2) is 9.97 Å². The molecular weight excluding hydrogens is 480 g/mol. The summed E-state index contributed by atoms with van der Waals surface area (Å²) in [7, 11) is 0. The maximum Gasteiger partial charge on any atom is 0.226 e. The molecule has 0 saturated carbocycles. The molecule has 1 aromatic carbocycles. The highest BCUT2D eigenvalue weighted by molar-refractivity contribution is 7.19. The molecule has 1 aliphatic carbocycles. The van der Waals surface area contributed by atoms with Crippen molar-refractivity contribution in [2.45, 2.75) is 32.1 Å². The van der Waals surface area contributed by atoms with Crippen molar-refractivity contribution in [1.82, 2.24) is 24.5 Å². The van der Waals surface area contributed by atoms with Crippen LogP contribution in [0.5, 0.6) is 0 Å². The zero-order valence-corrected chi connectivity index (χ0v) is 19.9. The SMILES string of the molecule is O=C1CCN(C(=O)C2CCc3c(sc4ncnc(Nc5cc6snnc6cc5Cl)c34)C2)CC1. The van der Waals surface area contributed by atoms with Gasteiger partial charge < -0.3 is 10.2 Å². The highest BCUT2D eigenvalue weighted by atomic mass is 35.5. The lowest BCUT2D eigenvalue weighted by Crippen LogP contribution is -2.43. The Morgan fingerprint density at radius 2 is 2.03 bits per heavy atom. The minimum absolute atomic E-state index is 0.0428. The van der Waals surface area contributed by atoms with E-state index >= 15 is 0 Å². The Hall–Kier alpha value is -2.69. The molecule has 0 bridgehead atoms. The first-order valence-electron chi connectivity index (χ1n) is 10.8. The van der Waals surface area contributed by atoms with Gasteiger partial charge >= 0.3 is 0 Å². The van der Waals surface area contributed by atoms with Gasteiger partial charge in [-0.1, -0.05) is 16.1 Å². The van der Waals surface area contributed by atoms with Crippen LogP contribution in [0, 0.1) is 5.92 Å². The summed E-state index contributed by atoms with van der Waals surface area (Å²) in [6.45, 7) is 1.10. The number of carbonyl (C=O) groups excluding carboxylic acids is 2. The molecule has 1 saturated heterocycles. The second kappa shape index (κ2) is 8.27. The van der Waals surface area contributed by atoms with Crippen molar-refractivity contribution in [3.8, 4) is 0 Å². The van der Waals surface area contributed by atoms with Crippen molar-refractivity contribution in [1.29, 1.82) is 0 Å². The lowest BCUT2D eigenvalue weighted by atomic mass is 9.86. The van der Waals surface area contributed by atoms with Crippen LogP contribution in [0.4, 0.5) is 11.5 Å². The largest absolute Gasteiger partial charge is 0.342 e. The van der Waals surface area contributed by atoms with Gasteiger partial charge in [-0.3, -0.25) is 9.59 Å². The number of nitrogens with one attached hydrogen (secondary N) is 1. The molecule has 2 aliphatic rings. The Labute approximate surface area is 202 Å². The number of hydrogen-bond acceptors (Lipinski definition) is 9. The molecule has 0 spiro atoms. The van der Waals surface area contributed by atoms with E-state index in [0.29, 0.717) is 37.4 Å². The van der Waals surface area contributed by atoms with Crippen LogP contribution in [0.25, 0.3) is 20.4 Å². The molecule has 1 atom stereocenters. The number of halogens is 1. The number of aromatic nitrogens is 4. The topological polar surface area (TPSA) is 101 Å². The first-order chi connectivity index (χ1) is 16.1. The number of carbonyl (C=O) groups is 2. The van der Waals surface area contributed by atoms with Gasteiger partial charge in [0.1, 0.15) is 28.3 Å². The van der Waals surface area contributed by atoms with E-state index in [0.717, 1.165) is 44.8 Å². The highest BCUT2D eigenvalue weighted by Crippen LogP contribution is 2.41. The molecule has 1 fully saturated rings. The summed E-state index contributed by atoms with van der Waals surface area (Å²) >= 11 is 9.44. The average molecular weight is 499 g/mol. The van der Waals surface area contributed by atoms with Crippen molar-refractivity contribution >= 4 is 78.1 Å². The van der Waals surface area contributed by atoms with E-state index < -0.39 is 0 Å². The Morgan fingerprint density at radius 3 is 2.88 bits per heavy atom. The average Bonchev–Trinajstić information content (AvgIpc) is 3.43. The van der Waals surface area contributed by atoms with Crippen molar-refractivity contribution in [2.75, 3.05) is 18.4 Å². The number of nitrogens with zero attached hydrogens (tertiary/aromatic N) is 5. The van der Waals surface area contributed by atoms with Crippen molar-refractivity contribution in [3.05, 3.63) is 33.9 Å². The molecule has 11 heteroatoms. The predicted molar refractivity (Wildman–Crippen MR) is 129 cm³/mol. The summed E-state index contributed by atoms with van der Waals surface area (Å²) in [5, 5.41) is 9.02. The first kappa shape index (κ1) is 20.9. The van der Waals surface area contributed by atoms with Crippen LogP contribution in [-0.2, 0) is 22.4 Å². The lowest BCUT2D eigenvalue weighted by Gasteiger charge is -2.31. The number of piperidine rings is 1. The fraction of sp³-hybridized carbons (Fsp3) is 0.364.